The van der Waals surface area contributed by atoms with Crippen LogP contribution in [0.4, 0.5) is 26.3 Å². The van der Waals surface area contributed by atoms with E-state index in [-0.39, 0.29) is 0 Å². The molecule has 0 saturated heterocycles. The van der Waals surface area contributed by atoms with Crippen molar-refractivity contribution in [3.8, 4) is 5.75 Å². The number of alkyl halides is 6. The molecule has 0 N–H and O–H groups in total. The predicted molar refractivity (Wildman–Crippen MR) is 87.7 cm³/mol. The second-order valence-corrected chi connectivity index (χ2v) is 5.57. The molecule has 0 aliphatic heterocycles. The van der Waals surface area contributed by atoms with Gasteiger partial charge in [-0.05, 0) is 35.2 Å². The Labute approximate surface area is 146 Å². The Kier molecular flexibility index (Phi) is 6.00. The van der Waals surface area contributed by atoms with Crippen molar-refractivity contribution in [1.29, 1.82) is 0 Å². The minimum Gasteiger partial charge on any atom is -0.430 e. The second-order valence-electron chi connectivity index (χ2n) is 5.57. The van der Waals surface area contributed by atoms with Gasteiger partial charge in [-0.2, -0.15) is 22.0 Å². The van der Waals surface area contributed by atoms with Crippen LogP contribution in [0.1, 0.15) is 23.6 Å². The number of ether oxygens (including phenoxy) is 1. The van der Waals surface area contributed by atoms with Gasteiger partial charge in [0.1, 0.15) is 5.75 Å². The predicted octanol–water partition coefficient (Wildman–Crippen LogP) is 6.29. The second kappa shape index (κ2) is 7.85. The molecule has 1 nitrogen and oxygen atoms in total. The molecule has 0 saturated carbocycles. The number of halogens is 6. The fraction of sp³-hybridized carbons (Fsp3) is 0.263. The highest BCUT2D eigenvalue weighted by Crippen LogP contribution is 2.36. The normalized spacial score (nSPS) is 13.8. The SMILES string of the molecule is CCc1ccc(C=Cc2ccc(OC(F)(F)C(F)C(F)(F)F)cc2)cc1. The van der Waals surface area contributed by atoms with Gasteiger partial charge in [0.15, 0.2) is 0 Å². The Bertz CT molecular complexity index is 732. The van der Waals surface area contributed by atoms with Gasteiger partial charge in [-0.15, -0.1) is 0 Å². The Balaban J connectivity index is 2.04. The molecule has 2 aromatic rings. The van der Waals surface area contributed by atoms with Gasteiger partial charge in [0, 0.05) is 0 Å². The zero-order valence-corrected chi connectivity index (χ0v) is 13.7. The third-order valence-electron chi connectivity index (χ3n) is 3.57. The Morgan fingerprint density at radius 1 is 0.846 bits per heavy atom. The number of benzene rings is 2. The summed E-state index contributed by atoms with van der Waals surface area (Å²) in [4.78, 5) is 0. The molecule has 2 aromatic carbocycles. The van der Waals surface area contributed by atoms with E-state index in [0.29, 0.717) is 5.56 Å². The van der Waals surface area contributed by atoms with Crippen LogP contribution in [0.15, 0.2) is 48.5 Å². The summed E-state index contributed by atoms with van der Waals surface area (Å²) in [5.74, 6) is -0.564. The van der Waals surface area contributed by atoms with E-state index in [0.717, 1.165) is 24.1 Å². The minimum atomic E-state index is -5.71. The molecule has 1 atom stereocenters. The lowest BCUT2D eigenvalue weighted by atomic mass is 10.1. The highest BCUT2D eigenvalue weighted by Gasteiger charge is 2.59. The van der Waals surface area contributed by atoms with Gasteiger partial charge >= 0.3 is 12.3 Å². The van der Waals surface area contributed by atoms with Crippen molar-refractivity contribution in [2.24, 2.45) is 0 Å². The molecule has 2 rings (SSSR count). The van der Waals surface area contributed by atoms with Crippen molar-refractivity contribution in [2.45, 2.75) is 31.8 Å². The fourth-order valence-corrected chi connectivity index (χ4v) is 2.10. The van der Waals surface area contributed by atoms with E-state index in [1.807, 2.05) is 31.2 Å². The molecule has 1 unspecified atom stereocenters. The van der Waals surface area contributed by atoms with E-state index in [1.165, 1.54) is 17.7 Å². The van der Waals surface area contributed by atoms with Crippen LogP contribution < -0.4 is 4.74 Å². The molecule has 0 bridgehead atoms. The highest BCUT2D eigenvalue weighted by molar-refractivity contribution is 5.69. The maximum Gasteiger partial charge on any atom is 0.439 e. The molecule has 0 aromatic heterocycles. The molecule has 7 heteroatoms. The summed E-state index contributed by atoms with van der Waals surface area (Å²) in [5.41, 5.74) is 2.74. The monoisotopic (exact) mass is 374 g/mol. The van der Waals surface area contributed by atoms with Gasteiger partial charge in [0.2, 0.25) is 0 Å². The van der Waals surface area contributed by atoms with E-state index in [9.17, 15) is 26.3 Å². The smallest absolute Gasteiger partial charge is 0.430 e. The average molecular weight is 374 g/mol. The van der Waals surface area contributed by atoms with Gasteiger partial charge in [-0.1, -0.05) is 55.5 Å². The van der Waals surface area contributed by atoms with Crippen molar-refractivity contribution < 1.29 is 31.1 Å². The van der Waals surface area contributed by atoms with Crippen LogP contribution in [0, 0.1) is 0 Å². The van der Waals surface area contributed by atoms with Crippen LogP contribution in [0.3, 0.4) is 0 Å². The van der Waals surface area contributed by atoms with Gasteiger partial charge < -0.3 is 4.74 Å². The Hall–Kier alpha value is -2.44. The van der Waals surface area contributed by atoms with E-state index >= 15 is 0 Å². The summed E-state index contributed by atoms with van der Waals surface area (Å²) in [5, 5.41) is 0. The standard InChI is InChI=1S/C19H16F6O/c1-2-13-3-5-14(6-4-13)7-8-15-9-11-16(12-10-15)26-19(24,25)17(20)18(21,22)23/h3-12,17H,2H2,1H3. The lowest BCUT2D eigenvalue weighted by Gasteiger charge is -2.23. The molecule has 0 aliphatic rings. The zero-order chi connectivity index (χ0) is 19.4. The van der Waals surface area contributed by atoms with E-state index < -0.39 is 24.2 Å². The summed E-state index contributed by atoms with van der Waals surface area (Å²) < 4.78 is 79.3. The Morgan fingerprint density at radius 2 is 1.31 bits per heavy atom. The van der Waals surface area contributed by atoms with Crippen LogP contribution in [-0.2, 0) is 6.42 Å². The molecule has 0 aliphatic carbocycles. The van der Waals surface area contributed by atoms with Gasteiger partial charge in [0.05, 0.1) is 0 Å². The molecule has 0 radical (unpaired) electrons. The third-order valence-corrected chi connectivity index (χ3v) is 3.57. The van der Waals surface area contributed by atoms with Crippen molar-refractivity contribution in [3.63, 3.8) is 0 Å². The zero-order valence-electron chi connectivity index (χ0n) is 13.7. The van der Waals surface area contributed by atoms with Crippen molar-refractivity contribution in [2.75, 3.05) is 0 Å². The first kappa shape index (κ1) is 19.9. The lowest BCUT2D eigenvalue weighted by Crippen LogP contribution is -2.45. The van der Waals surface area contributed by atoms with Crippen LogP contribution in [-0.4, -0.2) is 18.5 Å². The highest BCUT2D eigenvalue weighted by atomic mass is 19.4. The van der Waals surface area contributed by atoms with E-state index in [4.69, 9.17) is 0 Å². The number of aryl methyl sites for hydroxylation is 1. The lowest BCUT2D eigenvalue weighted by molar-refractivity contribution is -0.304. The summed E-state index contributed by atoms with van der Waals surface area (Å²) in [6, 6.07) is 12.7. The summed E-state index contributed by atoms with van der Waals surface area (Å²) >= 11 is 0. The van der Waals surface area contributed by atoms with E-state index in [1.54, 1.807) is 12.2 Å². The molecular formula is C19H16F6O. The molecular weight excluding hydrogens is 358 g/mol. The Morgan fingerprint density at radius 3 is 1.73 bits per heavy atom. The summed E-state index contributed by atoms with van der Waals surface area (Å²) in [7, 11) is 0. The van der Waals surface area contributed by atoms with Crippen molar-refractivity contribution in [1.82, 2.24) is 0 Å². The summed E-state index contributed by atoms with van der Waals surface area (Å²) in [6.45, 7) is 2.04. The first-order valence-electron chi connectivity index (χ1n) is 7.76. The summed E-state index contributed by atoms with van der Waals surface area (Å²) in [6.07, 6.45) is -10.7. The molecule has 0 amide bonds. The van der Waals surface area contributed by atoms with E-state index in [2.05, 4.69) is 4.74 Å². The fourth-order valence-electron chi connectivity index (χ4n) is 2.10. The molecule has 0 heterocycles. The quantitative estimate of drug-likeness (QED) is 0.426. The maximum absolute atomic E-state index is 13.2. The molecule has 0 fully saturated rings. The maximum atomic E-state index is 13.2. The topological polar surface area (TPSA) is 9.23 Å². The first-order valence-corrected chi connectivity index (χ1v) is 7.76. The minimum absolute atomic E-state index is 0.564. The number of hydrogen-bond donors (Lipinski definition) is 0. The van der Waals surface area contributed by atoms with Gasteiger partial charge in [-0.25, -0.2) is 4.39 Å². The van der Waals surface area contributed by atoms with Gasteiger partial charge in [-0.3, -0.25) is 0 Å². The van der Waals surface area contributed by atoms with Crippen molar-refractivity contribution >= 4 is 12.2 Å². The third kappa shape index (κ3) is 5.28. The van der Waals surface area contributed by atoms with Crippen LogP contribution in [0.2, 0.25) is 0 Å². The molecule has 140 valence electrons. The van der Waals surface area contributed by atoms with Crippen molar-refractivity contribution in [3.05, 3.63) is 65.2 Å². The van der Waals surface area contributed by atoms with Crippen LogP contribution in [0.25, 0.3) is 12.2 Å². The molecule has 0 spiro atoms. The molecule has 26 heavy (non-hydrogen) atoms. The number of rotatable bonds is 6. The van der Waals surface area contributed by atoms with Crippen LogP contribution >= 0.6 is 0 Å². The first-order chi connectivity index (χ1) is 12.1. The number of hydrogen-bond acceptors (Lipinski definition) is 1. The average Bonchev–Trinajstić information content (AvgIpc) is 2.60. The van der Waals surface area contributed by atoms with Gasteiger partial charge in [0.25, 0.3) is 6.17 Å². The van der Waals surface area contributed by atoms with Crippen LogP contribution in [0.5, 0.6) is 5.75 Å². The largest absolute Gasteiger partial charge is 0.439 e.